The van der Waals surface area contributed by atoms with Gasteiger partial charge >= 0.3 is 0 Å². The van der Waals surface area contributed by atoms with Crippen LogP contribution in [0.2, 0.25) is 0 Å². The molecule has 0 aliphatic heterocycles. The SMILES string of the molecule is CCCCOCCCn1ccc(=O)c(O)c1C. The lowest BCUT2D eigenvalue weighted by molar-refractivity contribution is 0.126. The number of pyridine rings is 1. The Bertz CT molecular complexity index is 398. The molecule has 0 unspecified atom stereocenters. The van der Waals surface area contributed by atoms with Crippen LogP contribution in [-0.4, -0.2) is 22.9 Å². The third-order valence-corrected chi connectivity index (χ3v) is 2.74. The van der Waals surface area contributed by atoms with E-state index in [0.717, 1.165) is 32.4 Å². The predicted octanol–water partition coefficient (Wildman–Crippen LogP) is 2.07. The molecule has 1 rings (SSSR count). The second kappa shape index (κ2) is 7.12. The van der Waals surface area contributed by atoms with Crippen LogP contribution in [0.25, 0.3) is 0 Å². The number of aromatic hydroxyl groups is 1. The zero-order valence-electron chi connectivity index (χ0n) is 10.6. The fraction of sp³-hybridized carbons (Fsp3) is 0.615. The van der Waals surface area contributed by atoms with Gasteiger partial charge in [-0.25, -0.2) is 0 Å². The molecule has 17 heavy (non-hydrogen) atoms. The lowest BCUT2D eigenvalue weighted by atomic mass is 10.3. The molecule has 0 saturated carbocycles. The third kappa shape index (κ3) is 4.23. The molecular weight excluding hydrogens is 218 g/mol. The minimum atomic E-state index is -0.321. The molecule has 0 saturated heterocycles. The lowest BCUT2D eigenvalue weighted by Crippen LogP contribution is -2.11. The summed E-state index contributed by atoms with van der Waals surface area (Å²) in [4.78, 5) is 11.2. The Labute approximate surface area is 102 Å². The number of nitrogens with zero attached hydrogens (tertiary/aromatic N) is 1. The highest BCUT2D eigenvalue weighted by Gasteiger charge is 2.04. The van der Waals surface area contributed by atoms with E-state index in [1.165, 1.54) is 6.07 Å². The number of hydrogen-bond donors (Lipinski definition) is 1. The van der Waals surface area contributed by atoms with Crippen LogP contribution in [0.3, 0.4) is 0 Å². The maximum atomic E-state index is 11.2. The summed E-state index contributed by atoms with van der Waals surface area (Å²) in [6.07, 6.45) is 4.83. The van der Waals surface area contributed by atoms with Gasteiger partial charge in [0, 0.05) is 32.0 Å². The zero-order valence-corrected chi connectivity index (χ0v) is 10.6. The van der Waals surface area contributed by atoms with Crippen LogP contribution >= 0.6 is 0 Å². The van der Waals surface area contributed by atoms with Crippen LogP contribution in [0.15, 0.2) is 17.1 Å². The summed E-state index contributed by atoms with van der Waals surface area (Å²) >= 11 is 0. The highest BCUT2D eigenvalue weighted by atomic mass is 16.5. The van der Waals surface area contributed by atoms with Gasteiger partial charge < -0.3 is 14.4 Å². The van der Waals surface area contributed by atoms with Crippen molar-refractivity contribution in [3.05, 3.63) is 28.2 Å². The summed E-state index contributed by atoms with van der Waals surface area (Å²) in [6, 6.07) is 1.39. The Hall–Kier alpha value is -1.29. The van der Waals surface area contributed by atoms with Gasteiger partial charge in [-0.1, -0.05) is 13.3 Å². The fourth-order valence-corrected chi connectivity index (χ4v) is 1.59. The summed E-state index contributed by atoms with van der Waals surface area (Å²) in [7, 11) is 0. The molecule has 0 amide bonds. The Morgan fingerprint density at radius 3 is 2.76 bits per heavy atom. The lowest BCUT2D eigenvalue weighted by Gasteiger charge is -2.11. The van der Waals surface area contributed by atoms with E-state index < -0.39 is 0 Å². The molecule has 1 aromatic heterocycles. The van der Waals surface area contributed by atoms with Crippen molar-refractivity contribution in [2.75, 3.05) is 13.2 Å². The van der Waals surface area contributed by atoms with Gasteiger partial charge in [-0.2, -0.15) is 0 Å². The first kappa shape index (κ1) is 13.8. The fourth-order valence-electron chi connectivity index (χ4n) is 1.59. The summed E-state index contributed by atoms with van der Waals surface area (Å²) in [6.45, 7) is 6.16. The molecular formula is C13H21NO3. The third-order valence-electron chi connectivity index (χ3n) is 2.74. The van der Waals surface area contributed by atoms with Crippen molar-refractivity contribution in [3.63, 3.8) is 0 Å². The molecule has 0 aromatic carbocycles. The average Bonchev–Trinajstić information content (AvgIpc) is 2.33. The zero-order chi connectivity index (χ0) is 12.7. The molecule has 0 fully saturated rings. The Balaban J connectivity index is 2.37. The molecule has 0 aliphatic rings. The molecule has 1 N–H and O–H groups in total. The first-order chi connectivity index (χ1) is 8.16. The number of rotatable bonds is 7. The average molecular weight is 239 g/mol. The van der Waals surface area contributed by atoms with E-state index >= 15 is 0 Å². The molecule has 96 valence electrons. The Morgan fingerprint density at radius 2 is 2.06 bits per heavy atom. The van der Waals surface area contributed by atoms with E-state index in [0.29, 0.717) is 12.3 Å². The van der Waals surface area contributed by atoms with E-state index in [2.05, 4.69) is 6.92 Å². The van der Waals surface area contributed by atoms with Crippen LogP contribution in [0.1, 0.15) is 31.9 Å². The summed E-state index contributed by atoms with van der Waals surface area (Å²) < 4.78 is 7.33. The quantitative estimate of drug-likeness (QED) is 0.741. The maximum absolute atomic E-state index is 11.2. The van der Waals surface area contributed by atoms with Gasteiger partial charge in [0.2, 0.25) is 5.43 Å². The minimum absolute atomic E-state index is 0.153. The van der Waals surface area contributed by atoms with Gasteiger partial charge in [-0.3, -0.25) is 4.79 Å². The molecule has 4 nitrogen and oxygen atoms in total. The largest absolute Gasteiger partial charge is 0.503 e. The molecule has 0 atom stereocenters. The van der Waals surface area contributed by atoms with E-state index in [9.17, 15) is 9.90 Å². The number of aryl methyl sites for hydroxylation is 1. The van der Waals surface area contributed by atoms with E-state index in [4.69, 9.17) is 4.74 Å². The molecule has 1 heterocycles. The standard InChI is InChI=1S/C13H21NO3/c1-3-4-9-17-10-5-7-14-8-6-12(15)13(16)11(14)2/h6,8,16H,3-5,7,9-10H2,1-2H3. The smallest absolute Gasteiger partial charge is 0.223 e. The molecule has 0 radical (unpaired) electrons. The van der Waals surface area contributed by atoms with Gasteiger partial charge in [-0.05, 0) is 19.8 Å². The topological polar surface area (TPSA) is 51.5 Å². The van der Waals surface area contributed by atoms with Crippen LogP contribution < -0.4 is 5.43 Å². The van der Waals surface area contributed by atoms with Crippen LogP contribution in [0.4, 0.5) is 0 Å². The van der Waals surface area contributed by atoms with Gasteiger partial charge in [0.05, 0.1) is 5.69 Å². The molecule has 0 aliphatic carbocycles. The van der Waals surface area contributed by atoms with Crippen molar-refractivity contribution in [2.45, 2.75) is 39.7 Å². The van der Waals surface area contributed by atoms with Crippen molar-refractivity contribution in [3.8, 4) is 5.75 Å². The van der Waals surface area contributed by atoms with Crippen LogP contribution in [0, 0.1) is 6.92 Å². The van der Waals surface area contributed by atoms with Gasteiger partial charge in [0.25, 0.3) is 0 Å². The van der Waals surface area contributed by atoms with E-state index in [-0.39, 0.29) is 11.2 Å². The molecule has 0 bridgehead atoms. The van der Waals surface area contributed by atoms with Crippen molar-refractivity contribution >= 4 is 0 Å². The maximum Gasteiger partial charge on any atom is 0.223 e. The van der Waals surface area contributed by atoms with E-state index in [1.54, 1.807) is 13.1 Å². The molecule has 1 aromatic rings. The minimum Gasteiger partial charge on any atom is -0.503 e. The van der Waals surface area contributed by atoms with Crippen molar-refractivity contribution in [2.24, 2.45) is 0 Å². The normalized spacial score (nSPS) is 10.7. The monoisotopic (exact) mass is 239 g/mol. The highest BCUT2D eigenvalue weighted by molar-refractivity contribution is 5.25. The first-order valence-electron chi connectivity index (χ1n) is 6.13. The van der Waals surface area contributed by atoms with Crippen molar-refractivity contribution in [1.82, 2.24) is 4.57 Å². The predicted molar refractivity (Wildman–Crippen MR) is 67.4 cm³/mol. The van der Waals surface area contributed by atoms with Crippen molar-refractivity contribution < 1.29 is 9.84 Å². The molecule has 4 heteroatoms. The van der Waals surface area contributed by atoms with E-state index in [1.807, 2.05) is 4.57 Å². The number of unbranched alkanes of at least 4 members (excludes halogenated alkanes) is 1. The second-order valence-electron chi connectivity index (χ2n) is 4.13. The van der Waals surface area contributed by atoms with Gasteiger partial charge in [0.1, 0.15) is 0 Å². The van der Waals surface area contributed by atoms with Crippen LogP contribution in [0.5, 0.6) is 5.75 Å². The van der Waals surface area contributed by atoms with Crippen LogP contribution in [-0.2, 0) is 11.3 Å². The summed E-state index contributed by atoms with van der Waals surface area (Å²) in [5.74, 6) is -0.153. The summed E-state index contributed by atoms with van der Waals surface area (Å²) in [5, 5.41) is 9.50. The number of ether oxygens (including phenoxy) is 1. The van der Waals surface area contributed by atoms with Gasteiger partial charge in [-0.15, -0.1) is 0 Å². The Morgan fingerprint density at radius 1 is 1.35 bits per heavy atom. The number of hydrogen-bond acceptors (Lipinski definition) is 3. The number of aromatic nitrogens is 1. The first-order valence-corrected chi connectivity index (χ1v) is 6.13. The molecule has 0 spiro atoms. The summed E-state index contributed by atoms with van der Waals surface area (Å²) in [5.41, 5.74) is 0.295. The second-order valence-corrected chi connectivity index (χ2v) is 4.13. The van der Waals surface area contributed by atoms with Gasteiger partial charge in [0.15, 0.2) is 5.75 Å². The Kier molecular flexibility index (Phi) is 5.77. The highest BCUT2D eigenvalue weighted by Crippen LogP contribution is 2.09. The van der Waals surface area contributed by atoms with Crippen molar-refractivity contribution in [1.29, 1.82) is 0 Å².